The van der Waals surface area contributed by atoms with Gasteiger partial charge in [-0.15, -0.1) is 0 Å². The molecule has 31 heavy (non-hydrogen) atoms. The minimum atomic E-state index is -0.601. The van der Waals surface area contributed by atoms with Crippen molar-refractivity contribution in [3.05, 3.63) is 54.1 Å². The molecule has 164 valence electrons. The quantitative estimate of drug-likeness (QED) is 0.655. The van der Waals surface area contributed by atoms with Gasteiger partial charge in [0.15, 0.2) is 6.61 Å². The number of nitrogens with one attached hydrogen (secondary N) is 1. The van der Waals surface area contributed by atoms with Crippen LogP contribution in [0.2, 0.25) is 0 Å². The first-order valence-electron chi connectivity index (χ1n) is 10.5. The van der Waals surface area contributed by atoms with E-state index in [1.54, 1.807) is 29.2 Å². The first kappa shape index (κ1) is 22.3. The fourth-order valence-corrected chi connectivity index (χ4v) is 3.37. The Morgan fingerprint density at radius 3 is 2.39 bits per heavy atom. The van der Waals surface area contributed by atoms with Gasteiger partial charge < -0.3 is 19.7 Å². The van der Waals surface area contributed by atoms with Crippen LogP contribution in [0.1, 0.15) is 32.8 Å². The lowest BCUT2D eigenvalue weighted by atomic mass is 10.1. The zero-order valence-electron chi connectivity index (χ0n) is 18.1. The Morgan fingerprint density at radius 2 is 1.77 bits per heavy atom. The fourth-order valence-electron chi connectivity index (χ4n) is 3.37. The molecule has 0 unspecified atom stereocenters. The summed E-state index contributed by atoms with van der Waals surface area (Å²) in [5, 5.41) is 2.70. The lowest BCUT2D eigenvalue weighted by Crippen LogP contribution is -2.28. The van der Waals surface area contributed by atoms with Crippen molar-refractivity contribution >= 4 is 29.2 Å². The van der Waals surface area contributed by atoms with Crippen LogP contribution in [-0.4, -0.2) is 37.0 Å². The lowest BCUT2D eigenvalue weighted by Gasteiger charge is -2.17. The van der Waals surface area contributed by atoms with Gasteiger partial charge in [0.25, 0.3) is 5.91 Å². The van der Waals surface area contributed by atoms with Gasteiger partial charge in [-0.05, 0) is 62.2 Å². The van der Waals surface area contributed by atoms with E-state index in [9.17, 15) is 14.4 Å². The van der Waals surface area contributed by atoms with Crippen LogP contribution in [0.5, 0.6) is 5.75 Å². The molecule has 1 aliphatic rings. The highest BCUT2D eigenvalue weighted by molar-refractivity contribution is 6.00. The van der Waals surface area contributed by atoms with Gasteiger partial charge in [0.2, 0.25) is 5.91 Å². The number of anilines is 2. The van der Waals surface area contributed by atoms with Crippen molar-refractivity contribution < 1.29 is 23.9 Å². The van der Waals surface area contributed by atoms with Gasteiger partial charge in [-0.3, -0.25) is 14.4 Å². The third-order valence-electron chi connectivity index (χ3n) is 4.97. The van der Waals surface area contributed by atoms with E-state index >= 15 is 0 Å². The smallest absolute Gasteiger partial charge is 0.311 e. The second-order valence-electron chi connectivity index (χ2n) is 7.77. The summed E-state index contributed by atoms with van der Waals surface area (Å²) < 4.78 is 10.8. The third-order valence-corrected chi connectivity index (χ3v) is 4.97. The number of esters is 1. The number of rotatable bonds is 8. The molecule has 2 aromatic carbocycles. The number of hydrogen-bond donors (Lipinski definition) is 1. The van der Waals surface area contributed by atoms with E-state index in [0.29, 0.717) is 11.4 Å². The van der Waals surface area contributed by atoms with Crippen molar-refractivity contribution in [3.8, 4) is 5.75 Å². The third kappa shape index (κ3) is 6.07. The van der Waals surface area contributed by atoms with E-state index in [1.165, 1.54) is 5.56 Å². The SMILES string of the molecule is CCc1ccc(NC(=O)COC(=O)[C@@H]2CC(=O)N(c3ccc(OC(C)C)cc3)C2)cc1. The highest BCUT2D eigenvalue weighted by Crippen LogP contribution is 2.27. The second kappa shape index (κ2) is 10.1. The van der Waals surface area contributed by atoms with Crippen LogP contribution >= 0.6 is 0 Å². The molecule has 1 N–H and O–H groups in total. The molecular formula is C24H28N2O5. The molecule has 0 bridgehead atoms. The van der Waals surface area contributed by atoms with Crippen LogP contribution in [0.3, 0.4) is 0 Å². The molecule has 1 fully saturated rings. The average Bonchev–Trinajstić information content (AvgIpc) is 3.14. The molecule has 1 saturated heterocycles. The van der Waals surface area contributed by atoms with E-state index in [-0.39, 0.29) is 31.6 Å². The summed E-state index contributed by atoms with van der Waals surface area (Å²) in [6, 6.07) is 14.7. The Balaban J connectivity index is 1.49. The molecule has 0 saturated carbocycles. The van der Waals surface area contributed by atoms with Crippen molar-refractivity contribution in [1.29, 1.82) is 0 Å². The predicted octanol–water partition coefficient (Wildman–Crippen LogP) is 3.57. The van der Waals surface area contributed by atoms with Gasteiger partial charge in [-0.25, -0.2) is 0 Å². The number of carbonyl (C=O) groups excluding carboxylic acids is 3. The number of amides is 2. The van der Waals surface area contributed by atoms with Crippen LogP contribution in [-0.2, 0) is 25.5 Å². The number of carbonyl (C=O) groups is 3. The minimum absolute atomic E-state index is 0.0587. The van der Waals surface area contributed by atoms with Crippen LogP contribution in [0, 0.1) is 5.92 Å². The molecular weight excluding hydrogens is 396 g/mol. The molecule has 0 spiro atoms. The Labute approximate surface area is 182 Å². The van der Waals surface area contributed by atoms with Crippen LogP contribution in [0.15, 0.2) is 48.5 Å². The summed E-state index contributed by atoms with van der Waals surface area (Å²) >= 11 is 0. The molecule has 7 heteroatoms. The molecule has 3 rings (SSSR count). The van der Waals surface area contributed by atoms with Crippen molar-refractivity contribution in [2.45, 2.75) is 39.7 Å². The Morgan fingerprint density at radius 1 is 1.10 bits per heavy atom. The molecule has 1 heterocycles. The van der Waals surface area contributed by atoms with Gasteiger partial charge in [-0.2, -0.15) is 0 Å². The van der Waals surface area contributed by atoms with Crippen molar-refractivity contribution in [2.75, 3.05) is 23.4 Å². The molecule has 1 aliphatic heterocycles. The van der Waals surface area contributed by atoms with Gasteiger partial charge in [0.1, 0.15) is 5.75 Å². The van der Waals surface area contributed by atoms with Crippen molar-refractivity contribution in [2.24, 2.45) is 5.92 Å². The monoisotopic (exact) mass is 424 g/mol. The first-order valence-corrected chi connectivity index (χ1v) is 10.5. The molecule has 1 atom stereocenters. The standard InChI is InChI=1S/C24H28N2O5/c1-4-17-5-7-19(8-6-17)25-22(27)15-30-24(29)18-13-23(28)26(14-18)20-9-11-21(12-10-20)31-16(2)3/h5-12,16,18H,4,13-15H2,1-3H3,(H,25,27)/t18-/m1/s1. The maximum absolute atomic E-state index is 12.4. The minimum Gasteiger partial charge on any atom is -0.491 e. The number of nitrogens with zero attached hydrogens (tertiary/aromatic N) is 1. The average molecular weight is 424 g/mol. The lowest BCUT2D eigenvalue weighted by molar-refractivity contribution is -0.151. The Bertz CT molecular complexity index is 922. The van der Waals surface area contributed by atoms with Gasteiger partial charge in [0, 0.05) is 24.3 Å². The maximum atomic E-state index is 12.4. The van der Waals surface area contributed by atoms with E-state index in [0.717, 1.165) is 12.2 Å². The summed E-state index contributed by atoms with van der Waals surface area (Å²) in [5.74, 6) is -1.00. The Kier molecular flexibility index (Phi) is 7.28. The largest absolute Gasteiger partial charge is 0.491 e. The highest BCUT2D eigenvalue weighted by Gasteiger charge is 2.36. The normalized spacial score (nSPS) is 15.8. The summed E-state index contributed by atoms with van der Waals surface area (Å²) in [7, 11) is 0. The van der Waals surface area contributed by atoms with E-state index in [1.807, 2.05) is 38.1 Å². The first-order chi connectivity index (χ1) is 14.9. The van der Waals surface area contributed by atoms with E-state index in [2.05, 4.69) is 12.2 Å². The summed E-state index contributed by atoms with van der Waals surface area (Å²) in [6.45, 7) is 5.77. The molecule has 0 radical (unpaired) electrons. The second-order valence-corrected chi connectivity index (χ2v) is 7.77. The van der Waals surface area contributed by atoms with Crippen molar-refractivity contribution in [1.82, 2.24) is 0 Å². The van der Waals surface area contributed by atoms with E-state index in [4.69, 9.17) is 9.47 Å². The van der Waals surface area contributed by atoms with Gasteiger partial charge in [-0.1, -0.05) is 19.1 Å². The highest BCUT2D eigenvalue weighted by atomic mass is 16.5. The molecule has 0 aromatic heterocycles. The molecule has 7 nitrogen and oxygen atoms in total. The van der Waals surface area contributed by atoms with E-state index < -0.39 is 17.8 Å². The summed E-state index contributed by atoms with van der Waals surface area (Å²) in [5.41, 5.74) is 2.51. The van der Waals surface area contributed by atoms with Gasteiger partial charge in [0.05, 0.1) is 12.0 Å². The summed E-state index contributed by atoms with van der Waals surface area (Å²) in [6.07, 6.45) is 1.04. The number of ether oxygens (including phenoxy) is 2. The van der Waals surface area contributed by atoms with Crippen LogP contribution in [0.4, 0.5) is 11.4 Å². The molecule has 2 amide bonds. The Hall–Kier alpha value is -3.35. The molecule has 2 aromatic rings. The predicted molar refractivity (Wildman–Crippen MR) is 118 cm³/mol. The molecule has 0 aliphatic carbocycles. The van der Waals surface area contributed by atoms with Crippen molar-refractivity contribution in [3.63, 3.8) is 0 Å². The topological polar surface area (TPSA) is 84.9 Å². The van der Waals surface area contributed by atoms with Gasteiger partial charge >= 0.3 is 5.97 Å². The zero-order chi connectivity index (χ0) is 22.4. The van der Waals surface area contributed by atoms with Crippen LogP contribution < -0.4 is 15.0 Å². The fraction of sp³-hybridized carbons (Fsp3) is 0.375. The number of hydrogen-bond acceptors (Lipinski definition) is 5. The summed E-state index contributed by atoms with van der Waals surface area (Å²) in [4.78, 5) is 38.4. The maximum Gasteiger partial charge on any atom is 0.311 e. The number of benzene rings is 2. The number of aryl methyl sites for hydroxylation is 1. The van der Waals surface area contributed by atoms with Crippen LogP contribution in [0.25, 0.3) is 0 Å². The zero-order valence-corrected chi connectivity index (χ0v) is 18.1.